The molecule has 1 fully saturated rings. The lowest BCUT2D eigenvalue weighted by Gasteiger charge is -2.38. The van der Waals surface area contributed by atoms with E-state index in [0.717, 1.165) is 0 Å². The van der Waals surface area contributed by atoms with Crippen LogP contribution in [0.15, 0.2) is 18.6 Å². The molecule has 0 radical (unpaired) electrons. The van der Waals surface area contributed by atoms with E-state index in [1.165, 1.54) is 6.33 Å². The van der Waals surface area contributed by atoms with Gasteiger partial charge in [0.05, 0.1) is 10.0 Å². The summed E-state index contributed by atoms with van der Waals surface area (Å²) < 4.78 is 1.61. The third-order valence-electron chi connectivity index (χ3n) is 3.81. The summed E-state index contributed by atoms with van der Waals surface area (Å²) in [6.07, 6.45) is 4.11. The molecule has 0 bridgehead atoms. The van der Waals surface area contributed by atoms with E-state index in [2.05, 4.69) is 15.1 Å². The first-order valence-corrected chi connectivity index (χ1v) is 7.38. The molecule has 0 unspecified atom stereocenters. The van der Waals surface area contributed by atoms with Crippen molar-refractivity contribution in [3.05, 3.63) is 34.5 Å². The zero-order valence-corrected chi connectivity index (χ0v) is 13.0. The molecule has 112 valence electrons. The fourth-order valence-corrected chi connectivity index (χ4v) is 3.17. The first kappa shape index (κ1) is 14.6. The van der Waals surface area contributed by atoms with Gasteiger partial charge in [-0.3, -0.25) is 4.68 Å². The van der Waals surface area contributed by atoms with Gasteiger partial charge >= 0.3 is 0 Å². The Bertz CT molecular complexity index is 652. The molecule has 6 nitrogen and oxygen atoms in total. The Hall–Kier alpha value is -1.37. The van der Waals surface area contributed by atoms with Gasteiger partial charge in [-0.25, -0.2) is 9.97 Å². The van der Waals surface area contributed by atoms with E-state index in [0.29, 0.717) is 47.6 Å². The summed E-state index contributed by atoms with van der Waals surface area (Å²) in [6.45, 7) is 1.27. The van der Waals surface area contributed by atoms with Crippen molar-refractivity contribution in [2.24, 2.45) is 7.05 Å². The lowest BCUT2D eigenvalue weighted by Crippen LogP contribution is -2.44. The topological polar surface area (TPSA) is 67.1 Å². The number of piperidine rings is 1. The summed E-state index contributed by atoms with van der Waals surface area (Å²) in [5.41, 5.74) is -0.958. The van der Waals surface area contributed by atoms with Crippen LogP contribution in [0.1, 0.15) is 18.7 Å². The second-order valence-corrected chi connectivity index (χ2v) is 6.03. The first-order chi connectivity index (χ1) is 9.99. The molecule has 0 saturated carbocycles. The zero-order valence-electron chi connectivity index (χ0n) is 11.5. The molecular formula is C13H15Cl2N5O. The molecule has 2 aromatic heterocycles. The number of rotatable bonds is 2. The molecule has 3 rings (SSSR count). The number of nitrogens with zero attached hydrogens (tertiary/aromatic N) is 5. The Morgan fingerprint density at radius 2 is 1.95 bits per heavy atom. The van der Waals surface area contributed by atoms with Crippen molar-refractivity contribution >= 4 is 29.0 Å². The van der Waals surface area contributed by atoms with Crippen molar-refractivity contribution in [3.8, 4) is 0 Å². The van der Waals surface area contributed by atoms with Crippen LogP contribution in [0.2, 0.25) is 10.0 Å². The van der Waals surface area contributed by atoms with Gasteiger partial charge in [0.1, 0.15) is 17.7 Å². The highest BCUT2D eigenvalue weighted by Crippen LogP contribution is 2.35. The smallest absolute Gasteiger partial charge is 0.158 e. The largest absolute Gasteiger partial charge is 0.382 e. The molecule has 1 aliphatic heterocycles. The molecule has 0 aliphatic carbocycles. The minimum atomic E-state index is -0.958. The van der Waals surface area contributed by atoms with E-state index in [1.807, 2.05) is 4.90 Å². The van der Waals surface area contributed by atoms with Crippen LogP contribution >= 0.6 is 23.2 Å². The number of aromatic nitrogens is 4. The molecule has 1 N–H and O–H groups in total. The van der Waals surface area contributed by atoms with Gasteiger partial charge in [-0.05, 0) is 6.07 Å². The number of aryl methyl sites for hydroxylation is 1. The van der Waals surface area contributed by atoms with Crippen molar-refractivity contribution in [2.45, 2.75) is 18.4 Å². The second kappa shape index (κ2) is 5.44. The lowest BCUT2D eigenvalue weighted by atomic mass is 9.90. The Morgan fingerprint density at radius 3 is 2.52 bits per heavy atom. The third-order valence-corrected chi connectivity index (χ3v) is 4.29. The molecular weight excluding hydrogens is 313 g/mol. The van der Waals surface area contributed by atoms with Crippen LogP contribution in [0.3, 0.4) is 0 Å². The number of hydrogen-bond acceptors (Lipinski definition) is 5. The van der Waals surface area contributed by atoms with Crippen LogP contribution in [0.25, 0.3) is 0 Å². The van der Waals surface area contributed by atoms with E-state index in [4.69, 9.17) is 23.2 Å². The van der Waals surface area contributed by atoms with Crippen LogP contribution in [-0.2, 0) is 12.6 Å². The van der Waals surface area contributed by atoms with Gasteiger partial charge in [0, 0.05) is 39.2 Å². The SMILES string of the molecule is Cn1ncnc1C1(O)CCN(c2ncc(Cl)cc2Cl)CC1. The van der Waals surface area contributed by atoms with E-state index < -0.39 is 5.60 Å². The number of aliphatic hydroxyl groups is 1. The van der Waals surface area contributed by atoms with Crippen LogP contribution in [0.4, 0.5) is 5.82 Å². The zero-order chi connectivity index (χ0) is 15.0. The van der Waals surface area contributed by atoms with Gasteiger partial charge in [-0.2, -0.15) is 5.10 Å². The second-order valence-electron chi connectivity index (χ2n) is 5.18. The standard InChI is InChI=1S/C13H15Cl2N5O/c1-19-12(17-8-18-19)13(21)2-4-20(5-3-13)11-10(15)6-9(14)7-16-11/h6-8,21H,2-5H2,1H3. The minimum absolute atomic E-state index is 0.511. The van der Waals surface area contributed by atoms with Crippen LogP contribution < -0.4 is 4.90 Å². The fraction of sp³-hybridized carbons (Fsp3) is 0.462. The molecule has 0 atom stereocenters. The molecule has 2 aromatic rings. The van der Waals surface area contributed by atoms with Crippen molar-refractivity contribution in [1.82, 2.24) is 19.7 Å². The summed E-state index contributed by atoms with van der Waals surface area (Å²) in [5.74, 6) is 1.29. The fourth-order valence-electron chi connectivity index (χ4n) is 2.67. The molecule has 1 aliphatic rings. The maximum absolute atomic E-state index is 10.8. The van der Waals surface area contributed by atoms with E-state index in [-0.39, 0.29) is 0 Å². The number of hydrogen-bond donors (Lipinski definition) is 1. The van der Waals surface area contributed by atoms with Gasteiger partial charge < -0.3 is 10.0 Å². The van der Waals surface area contributed by atoms with E-state index in [9.17, 15) is 5.11 Å². The average Bonchev–Trinajstić information content (AvgIpc) is 2.87. The Morgan fingerprint density at radius 1 is 1.24 bits per heavy atom. The number of halogens is 2. The van der Waals surface area contributed by atoms with E-state index in [1.54, 1.807) is 24.0 Å². The molecule has 3 heterocycles. The maximum atomic E-state index is 10.8. The third kappa shape index (κ3) is 2.71. The molecule has 8 heteroatoms. The van der Waals surface area contributed by atoms with Crippen molar-refractivity contribution in [2.75, 3.05) is 18.0 Å². The van der Waals surface area contributed by atoms with Gasteiger partial charge in [0.2, 0.25) is 0 Å². The summed E-state index contributed by atoms with van der Waals surface area (Å²) >= 11 is 12.0. The van der Waals surface area contributed by atoms with Gasteiger partial charge in [0.25, 0.3) is 0 Å². The highest BCUT2D eigenvalue weighted by atomic mass is 35.5. The van der Waals surface area contributed by atoms with Crippen LogP contribution in [-0.4, -0.2) is 37.9 Å². The van der Waals surface area contributed by atoms with E-state index >= 15 is 0 Å². The predicted octanol–water partition coefficient (Wildman–Crippen LogP) is 2.00. The summed E-state index contributed by atoms with van der Waals surface area (Å²) in [7, 11) is 1.78. The first-order valence-electron chi connectivity index (χ1n) is 6.62. The normalized spacial score (nSPS) is 18.0. The molecule has 0 amide bonds. The van der Waals surface area contributed by atoms with Crippen LogP contribution in [0.5, 0.6) is 0 Å². The maximum Gasteiger partial charge on any atom is 0.158 e. The molecule has 0 spiro atoms. The van der Waals surface area contributed by atoms with Gasteiger partial charge in [-0.15, -0.1) is 0 Å². The quantitative estimate of drug-likeness (QED) is 0.913. The van der Waals surface area contributed by atoms with Crippen molar-refractivity contribution in [3.63, 3.8) is 0 Å². The highest BCUT2D eigenvalue weighted by Gasteiger charge is 2.38. The van der Waals surface area contributed by atoms with Gasteiger partial charge in [0.15, 0.2) is 5.82 Å². The molecule has 21 heavy (non-hydrogen) atoms. The molecule has 0 aromatic carbocycles. The van der Waals surface area contributed by atoms with Crippen molar-refractivity contribution in [1.29, 1.82) is 0 Å². The number of anilines is 1. The Labute approximate surface area is 132 Å². The predicted molar refractivity (Wildman–Crippen MR) is 80.6 cm³/mol. The molecule has 1 saturated heterocycles. The highest BCUT2D eigenvalue weighted by molar-refractivity contribution is 6.36. The Balaban J connectivity index is 1.77. The average molecular weight is 328 g/mol. The minimum Gasteiger partial charge on any atom is -0.382 e. The number of pyridine rings is 1. The summed E-state index contributed by atoms with van der Waals surface area (Å²) in [6, 6.07) is 1.68. The lowest BCUT2D eigenvalue weighted by molar-refractivity contribution is -0.000174. The summed E-state index contributed by atoms with van der Waals surface area (Å²) in [5, 5.41) is 15.8. The van der Waals surface area contributed by atoms with Crippen LogP contribution in [0, 0.1) is 0 Å². The van der Waals surface area contributed by atoms with Gasteiger partial charge in [-0.1, -0.05) is 23.2 Å². The monoisotopic (exact) mass is 327 g/mol. The Kier molecular flexibility index (Phi) is 3.77. The summed E-state index contributed by atoms with van der Waals surface area (Å²) in [4.78, 5) is 10.5. The van der Waals surface area contributed by atoms with Crippen molar-refractivity contribution < 1.29 is 5.11 Å².